The Morgan fingerprint density at radius 2 is 1.96 bits per heavy atom. The number of nitrogens with two attached hydrogens (primary N) is 1. The van der Waals surface area contributed by atoms with E-state index in [9.17, 15) is 4.79 Å². The molecule has 0 aliphatic carbocycles. The van der Waals surface area contributed by atoms with E-state index in [1.54, 1.807) is 0 Å². The molecule has 0 spiro atoms. The standard InChI is InChI=1S/C21H27N3O3/c1-3-16(2)19-10-4-5-11-20(19)27-13-7-12-26-18-9-6-8-17(14-18)15-23-24-21(22)25/h4-6,8-11,14-16H,3,7,12-13H2,1-2H3,(H3,22,24,25)/b23-15+. The number of hydrazone groups is 1. The van der Waals surface area contributed by atoms with E-state index < -0.39 is 6.03 Å². The third kappa shape index (κ3) is 7.01. The minimum Gasteiger partial charge on any atom is -0.493 e. The van der Waals surface area contributed by atoms with Gasteiger partial charge in [0.25, 0.3) is 0 Å². The van der Waals surface area contributed by atoms with Crippen molar-refractivity contribution in [1.29, 1.82) is 0 Å². The second-order valence-corrected chi connectivity index (χ2v) is 6.20. The number of urea groups is 1. The van der Waals surface area contributed by atoms with Gasteiger partial charge in [-0.3, -0.25) is 0 Å². The number of carbonyl (C=O) groups excluding carboxylic acids is 1. The summed E-state index contributed by atoms with van der Waals surface area (Å²) in [6.45, 7) is 5.53. The lowest BCUT2D eigenvalue weighted by atomic mass is 9.98. The Morgan fingerprint density at radius 3 is 2.74 bits per heavy atom. The Hall–Kier alpha value is -3.02. The van der Waals surface area contributed by atoms with E-state index >= 15 is 0 Å². The molecule has 6 nitrogen and oxygen atoms in total. The first-order valence-corrected chi connectivity index (χ1v) is 9.13. The Labute approximate surface area is 160 Å². The highest BCUT2D eigenvalue weighted by atomic mass is 16.5. The Balaban J connectivity index is 1.78. The summed E-state index contributed by atoms with van der Waals surface area (Å²) in [6.07, 6.45) is 3.36. The van der Waals surface area contributed by atoms with Gasteiger partial charge in [0.05, 0.1) is 19.4 Å². The van der Waals surface area contributed by atoms with Gasteiger partial charge in [-0.05, 0) is 41.7 Å². The summed E-state index contributed by atoms with van der Waals surface area (Å²) in [5, 5.41) is 3.73. The molecule has 0 radical (unpaired) electrons. The summed E-state index contributed by atoms with van der Waals surface area (Å²) in [7, 11) is 0. The van der Waals surface area contributed by atoms with Crippen LogP contribution in [0.3, 0.4) is 0 Å². The topological polar surface area (TPSA) is 85.9 Å². The molecule has 0 aromatic heterocycles. The largest absolute Gasteiger partial charge is 0.493 e. The van der Waals surface area contributed by atoms with Crippen LogP contribution < -0.4 is 20.6 Å². The van der Waals surface area contributed by atoms with Crippen LogP contribution in [0.2, 0.25) is 0 Å². The molecule has 0 aliphatic rings. The average Bonchev–Trinajstić information content (AvgIpc) is 2.67. The molecule has 2 aromatic carbocycles. The maximum atomic E-state index is 10.6. The number of nitrogens with zero attached hydrogens (tertiary/aromatic N) is 1. The summed E-state index contributed by atoms with van der Waals surface area (Å²) in [5.74, 6) is 2.16. The zero-order chi connectivity index (χ0) is 19.5. The molecule has 144 valence electrons. The Bertz CT molecular complexity index is 762. The van der Waals surface area contributed by atoms with Crippen molar-refractivity contribution in [3.63, 3.8) is 0 Å². The molecule has 0 bridgehead atoms. The van der Waals surface area contributed by atoms with Crippen LogP contribution >= 0.6 is 0 Å². The molecule has 1 atom stereocenters. The van der Waals surface area contributed by atoms with Crippen molar-refractivity contribution in [3.05, 3.63) is 59.7 Å². The molecule has 2 aromatic rings. The molecule has 3 N–H and O–H groups in total. The van der Waals surface area contributed by atoms with E-state index in [2.05, 4.69) is 30.4 Å². The lowest BCUT2D eigenvalue weighted by Gasteiger charge is -2.15. The first-order chi connectivity index (χ1) is 13.1. The van der Waals surface area contributed by atoms with Crippen LogP contribution in [0.4, 0.5) is 4.79 Å². The van der Waals surface area contributed by atoms with Crippen LogP contribution in [-0.2, 0) is 0 Å². The maximum absolute atomic E-state index is 10.6. The summed E-state index contributed by atoms with van der Waals surface area (Å²) in [4.78, 5) is 10.6. The van der Waals surface area contributed by atoms with Gasteiger partial charge < -0.3 is 15.2 Å². The van der Waals surface area contributed by atoms with Crippen molar-refractivity contribution in [2.24, 2.45) is 10.8 Å². The fourth-order valence-corrected chi connectivity index (χ4v) is 2.53. The highest BCUT2D eigenvalue weighted by molar-refractivity contribution is 5.81. The minimum atomic E-state index is -0.700. The number of amides is 2. The van der Waals surface area contributed by atoms with Gasteiger partial charge in [0.2, 0.25) is 0 Å². The fraction of sp³-hybridized carbons (Fsp3) is 0.333. The van der Waals surface area contributed by atoms with Gasteiger partial charge in [-0.25, -0.2) is 10.2 Å². The van der Waals surface area contributed by atoms with E-state index in [0.29, 0.717) is 19.1 Å². The number of ether oxygens (including phenoxy) is 2. The maximum Gasteiger partial charge on any atom is 0.332 e. The van der Waals surface area contributed by atoms with E-state index in [-0.39, 0.29) is 0 Å². The van der Waals surface area contributed by atoms with Crippen LogP contribution in [0.15, 0.2) is 53.6 Å². The molecule has 0 saturated heterocycles. The number of hydrogen-bond acceptors (Lipinski definition) is 4. The van der Waals surface area contributed by atoms with Crippen molar-refractivity contribution < 1.29 is 14.3 Å². The fourth-order valence-electron chi connectivity index (χ4n) is 2.53. The smallest absolute Gasteiger partial charge is 0.332 e. The van der Waals surface area contributed by atoms with Gasteiger partial charge in [0.1, 0.15) is 11.5 Å². The molecule has 0 fully saturated rings. The van der Waals surface area contributed by atoms with Gasteiger partial charge in [0, 0.05) is 6.42 Å². The van der Waals surface area contributed by atoms with Crippen LogP contribution in [0, 0.1) is 0 Å². The molecule has 0 heterocycles. The zero-order valence-corrected chi connectivity index (χ0v) is 15.9. The van der Waals surface area contributed by atoms with E-state index in [4.69, 9.17) is 15.2 Å². The van der Waals surface area contributed by atoms with Crippen molar-refractivity contribution in [1.82, 2.24) is 5.43 Å². The lowest BCUT2D eigenvalue weighted by molar-refractivity contribution is 0.245. The van der Waals surface area contributed by atoms with Crippen LogP contribution in [0.5, 0.6) is 11.5 Å². The van der Waals surface area contributed by atoms with E-state index in [1.807, 2.05) is 42.5 Å². The van der Waals surface area contributed by atoms with Gasteiger partial charge >= 0.3 is 6.03 Å². The van der Waals surface area contributed by atoms with E-state index in [1.165, 1.54) is 11.8 Å². The second-order valence-electron chi connectivity index (χ2n) is 6.20. The normalized spacial score (nSPS) is 11.9. The molecule has 27 heavy (non-hydrogen) atoms. The molecular weight excluding hydrogens is 342 g/mol. The van der Waals surface area contributed by atoms with Crippen molar-refractivity contribution >= 4 is 12.2 Å². The number of carbonyl (C=O) groups is 1. The molecule has 0 saturated carbocycles. The third-order valence-corrected chi connectivity index (χ3v) is 4.12. The predicted molar refractivity (Wildman–Crippen MR) is 108 cm³/mol. The molecule has 6 heteroatoms. The van der Waals surface area contributed by atoms with Crippen LogP contribution in [-0.4, -0.2) is 25.5 Å². The summed E-state index contributed by atoms with van der Waals surface area (Å²) < 4.78 is 11.7. The highest BCUT2D eigenvalue weighted by Crippen LogP contribution is 2.28. The summed E-state index contributed by atoms with van der Waals surface area (Å²) in [6, 6.07) is 14.9. The Kier molecular flexibility index (Phi) is 8.16. The molecular formula is C21H27N3O3. The summed E-state index contributed by atoms with van der Waals surface area (Å²) >= 11 is 0. The second kappa shape index (κ2) is 10.9. The van der Waals surface area contributed by atoms with Gasteiger partial charge in [-0.1, -0.05) is 44.2 Å². The zero-order valence-electron chi connectivity index (χ0n) is 15.9. The lowest BCUT2D eigenvalue weighted by Crippen LogP contribution is -2.24. The number of nitrogens with one attached hydrogen (secondary N) is 1. The quantitative estimate of drug-likeness (QED) is 0.376. The highest BCUT2D eigenvalue weighted by Gasteiger charge is 2.09. The first-order valence-electron chi connectivity index (χ1n) is 9.13. The predicted octanol–water partition coefficient (Wildman–Crippen LogP) is 4.05. The van der Waals surface area contributed by atoms with Crippen LogP contribution in [0.1, 0.15) is 43.7 Å². The number of para-hydroxylation sites is 1. The van der Waals surface area contributed by atoms with Crippen molar-refractivity contribution in [2.45, 2.75) is 32.6 Å². The monoisotopic (exact) mass is 369 g/mol. The third-order valence-electron chi connectivity index (χ3n) is 4.12. The van der Waals surface area contributed by atoms with Crippen molar-refractivity contribution in [2.75, 3.05) is 13.2 Å². The Morgan fingerprint density at radius 1 is 1.19 bits per heavy atom. The number of hydrogen-bond donors (Lipinski definition) is 2. The molecule has 0 aliphatic heterocycles. The van der Waals surface area contributed by atoms with Gasteiger partial charge in [0.15, 0.2) is 0 Å². The molecule has 2 rings (SSSR count). The molecule has 1 unspecified atom stereocenters. The number of rotatable bonds is 10. The number of primary amides is 1. The first kappa shape index (κ1) is 20.3. The minimum absolute atomic E-state index is 0.478. The van der Waals surface area contributed by atoms with E-state index in [0.717, 1.165) is 29.9 Å². The van der Waals surface area contributed by atoms with Crippen molar-refractivity contribution in [3.8, 4) is 11.5 Å². The summed E-state index contributed by atoms with van der Waals surface area (Å²) in [5.41, 5.74) is 9.17. The van der Waals surface area contributed by atoms with Gasteiger partial charge in [-0.15, -0.1) is 0 Å². The molecule has 2 amide bonds. The van der Waals surface area contributed by atoms with Gasteiger partial charge in [-0.2, -0.15) is 5.10 Å². The SMILES string of the molecule is CCC(C)c1ccccc1OCCCOc1cccc(/C=N/NC(N)=O)c1. The van der Waals surface area contributed by atoms with Crippen LogP contribution in [0.25, 0.3) is 0 Å². The average molecular weight is 369 g/mol. The number of benzene rings is 2.